The van der Waals surface area contributed by atoms with Crippen LogP contribution in [0.4, 0.5) is 0 Å². The smallest absolute Gasteiger partial charge is 0.0989 e. The molecule has 4 atom stereocenters. The third kappa shape index (κ3) is 1.29. The van der Waals surface area contributed by atoms with E-state index in [-0.39, 0.29) is 6.04 Å². The predicted molar refractivity (Wildman–Crippen MR) is 35.5 cm³/mol. The van der Waals surface area contributed by atoms with E-state index < -0.39 is 18.3 Å². The van der Waals surface area contributed by atoms with Crippen LogP contribution < -0.4 is 5.32 Å². The number of aliphatic hydroxyl groups is 3. The molecule has 1 fully saturated rings. The first-order chi connectivity index (χ1) is 4.63. The lowest BCUT2D eigenvalue weighted by molar-refractivity contribution is 0.0114. The third-order valence-electron chi connectivity index (χ3n) is 1.84. The fourth-order valence-corrected chi connectivity index (χ4v) is 1.19. The molecule has 1 heterocycles. The zero-order valence-electron chi connectivity index (χ0n) is 5.86. The Kier molecular flexibility index (Phi) is 2.25. The standard InChI is InChI=1S/C6H13NO3/c1-3(8)5-6(10)4(9)2-7-5/h3-10H,2H2,1H3/t3?,4-,5?,6+/m1/s1. The van der Waals surface area contributed by atoms with Crippen molar-refractivity contribution in [2.45, 2.75) is 31.3 Å². The van der Waals surface area contributed by atoms with E-state index in [0.717, 1.165) is 0 Å². The second-order valence-electron chi connectivity index (χ2n) is 2.73. The lowest BCUT2D eigenvalue weighted by Crippen LogP contribution is -2.41. The summed E-state index contributed by atoms with van der Waals surface area (Å²) in [7, 11) is 0. The van der Waals surface area contributed by atoms with Crippen molar-refractivity contribution < 1.29 is 15.3 Å². The van der Waals surface area contributed by atoms with Crippen LogP contribution in [-0.4, -0.2) is 46.2 Å². The maximum atomic E-state index is 9.16. The Labute approximate surface area is 59.5 Å². The molecule has 0 aromatic heterocycles. The van der Waals surface area contributed by atoms with E-state index in [1.807, 2.05) is 0 Å². The Balaban J connectivity index is 2.49. The monoisotopic (exact) mass is 147 g/mol. The number of β-amino-alcohol motifs (C(OH)–C–C–N with tert-alkyl or cyclic N) is 1. The molecule has 0 saturated carbocycles. The van der Waals surface area contributed by atoms with Gasteiger partial charge in [-0.2, -0.15) is 0 Å². The largest absolute Gasteiger partial charge is 0.392 e. The van der Waals surface area contributed by atoms with Crippen LogP contribution in [0.3, 0.4) is 0 Å². The molecule has 1 aliphatic heterocycles. The topological polar surface area (TPSA) is 72.7 Å². The van der Waals surface area contributed by atoms with Gasteiger partial charge in [0.05, 0.1) is 24.4 Å². The minimum atomic E-state index is -0.833. The molecular weight excluding hydrogens is 134 g/mol. The molecule has 0 radical (unpaired) electrons. The highest BCUT2D eigenvalue weighted by Crippen LogP contribution is 2.10. The van der Waals surface area contributed by atoms with Gasteiger partial charge in [0.25, 0.3) is 0 Å². The van der Waals surface area contributed by atoms with Gasteiger partial charge in [0, 0.05) is 6.54 Å². The van der Waals surface area contributed by atoms with Gasteiger partial charge >= 0.3 is 0 Å². The Bertz CT molecular complexity index is 118. The van der Waals surface area contributed by atoms with Gasteiger partial charge in [-0.25, -0.2) is 0 Å². The molecule has 0 aliphatic carbocycles. The van der Waals surface area contributed by atoms with Crippen molar-refractivity contribution in [2.75, 3.05) is 6.54 Å². The summed E-state index contributed by atoms with van der Waals surface area (Å²) in [5.41, 5.74) is 0. The molecule has 0 aromatic carbocycles. The van der Waals surface area contributed by atoms with Gasteiger partial charge in [-0.1, -0.05) is 0 Å². The number of nitrogens with one attached hydrogen (secondary N) is 1. The normalized spacial score (nSPS) is 43.8. The van der Waals surface area contributed by atoms with Crippen LogP contribution in [0.15, 0.2) is 0 Å². The van der Waals surface area contributed by atoms with E-state index >= 15 is 0 Å². The van der Waals surface area contributed by atoms with Gasteiger partial charge in [-0.15, -0.1) is 0 Å². The fraction of sp³-hybridized carbons (Fsp3) is 1.00. The van der Waals surface area contributed by atoms with E-state index in [0.29, 0.717) is 6.54 Å². The summed E-state index contributed by atoms with van der Waals surface area (Å²) in [5, 5.41) is 30.0. The van der Waals surface area contributed by atoms with Crippen LogP contribution in [0.25, 0.3) is 0 Å². The molecule has 4 heteroatoms. The molecular formula is C6H13NO3. The first kappa shape index (κ1) is 7.94. The van der Waals surface area contributed by atoms with Gasteiger partial charge in [0.2, 0.25) is 0 Å². The van der Waals surface area contributed by atoms with Crippen LogP contribution in [0.2, 0.25) is 0 Å². The quantitative estimate of drug-likeness (QED) is 0.348. The molecule has 0 spiro atoms. The lowest BCUT2D eigenvalue weighted by Gasteiger charge is -2.18. The van der Waals surface area contributed by atoms with Gasteiger partial charge in [0.15, 0.2) is 0 Å². The molecule has 60 valence electrons. The van der Waals surface area contributed by atoms with Crippen LogP contribution in [0, 0.1) is 0 Å². The zero-order valence-corrected chi connectivity index (χ0v) is 5.86. The van der Waals surface area contributed by atoms with Crippen LogP contribution in [0.1, 0.15) is 6.92 Å². The maximum Gasteiger partial charge on any atom is 0.0989 e. The first-order valence-corrected chi connectivity index (χ1v) is 3.40. The maximum absolute atomic E-state index is 9.16. The summed E-state index contributed by atoms with van der Waals surface area (Å²) in [6, 6.07) is -0.380. The number of rotatable bonds is 1. The van der Waals surface area contributed by atoms with Crippen LogP contribution in [0.5, 0.6) is 0 Å². The summed E-state index contributed by atoms with van der Waals surface area (Å²) in [4.78, 5) is 0. The summed E-state index contributed by atoms with van der Waals surface area (Å²) in [5.74, 6) is 0. The second kappa shape index (κ2) is 2.84. The summed E-state index contributed by atoms with van der Waals surface area (Å²) < 4.78 is 0. The Morgan fingerprint density at radius 1 is 1.50 bits per heavy atom. The highest BCUT2D eigenvalue weighted by Gasteiger charge is 2.35. The average Bonchev–Trinajstić information content (AvgIpc) is 2.14. The van der Waals surface area contributed by atoms with E-state index in [1.165, 1.54) is 0 Å². The van der Waals surface area contributed by atoms with E-state index in [1.54, 1.807) is 6.92 Å². The van der Waals surface area contributed by atoms with Crippen molar-refractivity contribution in [3.63, 3.8) is 0 Å². The summed E-state index contributed by atoms with van der Waals surface area (Å²) in [6.07, 6.45) is -2.19. The lowest BCUT2D eigenvalue weighted by atomic mass is 10.1. The molecule has 1 rings (SSSR count). The molecule has 0 amide bonds. The fourth-order valence-electron chi connectivity index (χ4n) is 1.19. The summed E-state index contributed by atoms with van der Waals surface area (Å²) in [6.45, 7) is 1.94. The van der Waals surface area contributed by atoms with E-state index in [4.69, 9.17) is 15.3 Å². The SMILES string of the molecule is CC(O)C1NC[C@@H](O)[C@@H]1O. The molecule has 1 aliphatic rings. The minimum Gasteiger partial charge on any atom is -0.392 e. The number of hydrogen-bond acceptors (Lipinski definition) is 4. The molecule has 4 N–H and O–H groups in total. The zero-order chi connectivity index (χ0) is 7.72. The van der Waals surface area contributed by atoms with Crippen LogP contribution in [-0.2, 0) is 0 Å². The van der Waals surface area contributed by atoms with Crippen molar-refractivity contribution in [3.05, 3.63) is 0 Å². The third-order valence-corrected chi connectivity index (χ3v) is 1.84. The Hall–Kier alpha value is -0.160. The number of aliphatic hydroxyl groups excluding tert-OH is 3. The molecule has 10 heavy (non-hydrogen) atoms. The van der Waals surface area contributed by atoms with E-state index in [9.17, 15) is 0 Å². The molecule has 0 aromatic rings. The second-order valence-corrected chi connectivity index (χ2v) is 2.73. The van der Waals surface area contributed by atoms with Crippen molar-refractivity contribution in [2.24, 2.45) is 0 Å². The van der Waals surface area contributed by atoms with Crippen molar-refractivity contribution >= 4 is 0 Å². The summed E-state index contributed by atoms with van der Waals surface area (Å²) >= 11 is 0. The minimum absolute atomic E-state index is 0.358. The highest BCUT2D eigenvalue weighted by molar-refractivity contribution is 4.92. The molecule has 2 unspecified atom stereocenters. The molecule has 0 bridgehead atoms. The molecule has 4 nitrogen and oxygen atoms in total. The number of hydrogen-bond donors (Lipinski definition) is 4. The van der Waals surface area contributed by atoms with Gasteiger partial charge in [-0.3, -0.25) is 0 Å². The Morgan fingerprint density at radius 2 is 2.10 bits per heavy atom. The molecule has 1 saturated heterocycles. The average molecular weight is 147 g/mol. The van der Waals surface area contributed by atoms with Gasteiger partial charge in [0.1, 0.15) is 0 Å². The van der Waals surface area contributed by atoms with Gasteiger partial charge < -0.3 is 20.6 Å². The highest BCUT2D eigenvalue weighted by atomic mass is 16.3. The Morgan fingerprint density at radius 3 is 2.30 bits per heavy atom. The van der Waals surface area contributed by atoms with E-state index in [2.05, 4.69) is 5.32 Å². The first-order valence-electron chi connectivity index (χ1n) is 3.40. The predicted octanol–water partition coefficient (Wildman–Crippen LogP) is -1.94. The van der Waals surface area contributed by atoms with Crippen LogP contribution >= 0.6 is 0 Å². The van der Waals surface area contributed by atoms with Crippen molar-refractivity contribution in [1.82, 2.24) is 5.32 Å². The van der Waals surface area contributed by atoms with Gasteiger partial charge in [-0.05, 0) is 6.92 Å². The van der Waals surface area contributed by atoms with Crippen molar-refractivity contribution in [3.8, 4) is 0 Å². The van der Waals surface area contributed by atoms with Crippen molar-refractivity contribution in [1.29, 1.82) is 0 Å².